The summed E-state index contributed by atoms with van der Waals surface area (Å²) in [5.41, 5.74) is 0.503. The second-order valence-electron chi connectivity index (χ2n) is 6.68. The van der Waals surface area contributed by atoms with Crippen LogP contribution in [0.15, 0.2) is 63.8 Å². The molecule has 3 aromatic heterocycles. The molecule has 0 aliphatic rings. The predicted molar refractivity (Wildman–Crippen MR) is 111 cm³/mol. The van der Waals surface area contributed by atoms with Gasteiger partial charge in [0.2, 0.25) is 5.91 Å². The number of aromatic nitrogens is 4. The first kappa shape index (κ1) is 18.9. The van der Waals surface area contributed by atoms with Gasteiger partial charge in [-0.15, -0.1) is 11.3 Å². The van der Waals surface area contributed by atoms with Crippen LogP contribution in [0.1, 0.15) is 16.5 Å². The number of aryl methyl sites for hydroxylation is 1. The van der Waals surface area contributed by atoms with Crippen molar-refractivity contribution in [3.8, 4) is 0 Å². The first-order valence-corrected chi connectivity index (χ1v) is 9.84. The van der Waals surface area contributed by atoms with Crippen molar-refractivity contribution in [3.63, 3.8) is 0 Å². The van der Waals surface area contributed by atoms with Gasteiger partial charge in [-0.05, 0) is 17.0 Å². The monoisotopic (exact) mass is 409 g/mol. The third-order valence-electron chi connectivity index (χ3n) is 4.80. The summed E-state index contributed by atoms with van der Waals surface area (Å²) in [6.45, 7) is -0.0847. The molecule has 0 saturated carbocycles. The number of imidazole rings is 1. The standard InChI is InChI=1S/C20H19N5O3S/c1-23-18-17(19(27)24(2)20(23)28)25(12-21-18)11-15(26)22-16(14-9-6-10-29-14)13-7-4-3-5-8-13/h3-10,12,16H,11H2,1-2H3,(H,22,26). The minimum atomic E-state index is -0.480. The average Bonchev–Trinajstić information content (AvgIpc) is 3.40. The van der Waals surface area contributed by atoms with Crippen LogP contribution < -0.4 is 16.6 Å². The molecule has 4 aromatic rings. The van der Waals surface area contributed by atoms with Gasteiger partial charge in [0, 0.05) is 19.0 Å². The van der Waals surface area contributed by atoms with E-state index >= 15 is 0 Å². The molecule has 1 aromatic carbocycles. The topological polar surface area (TPSA) is 90.9 Å². The Morgan fingerprint density at radius 1 is 1.10 bits per heavy atom. The van der Waals surface area contributed by atoms with E-state index in [2.05, 4.69) is 10.3 Å². The molecule has 29 heavy (non-hydrogen) atoms. The van der Waals surface area contributed by atoms with E-state index in [1.54, 1.807) is 18.4 Å². The number of hydrogen-bond acceptors (Lipinski definition) is 5. The van der Waals surface area contributed by atoms with Crippen LogP contribution in [0.2, 0.25) is 0 Å². The molecule has 0 saturated heterocycles. The number of rotatable bonds is 5. The molecule has 0 bridgehead atoms. The van der Waals surface area contributed by atoms with Crippen molar-refractivity contribution >= 4 is 28.4 Å². The van der Waals surface area contributed by atoms with Gasteiger partial charge in [0.25, 0.3) is 5.56 Å². The zero-order valence-electron chi connectivity index (χ0n) is 15.9. The third-order valence-corrected chi connectivity index (χ3v) is 5.73. The van der Waals surface area contributed by atoms with Crippen LogP contribution in [0.5, 0.6) is 0 Å². The summed E-state index contributed by atoms with van der Waals surface area (Å²) in [5.74, 6) is -0.262. The summed E-state index contributed by atoms with van der Waals surface area (Å²) in [6.07, 6.45) is 1.41. The molecule has 1 unspecified atom stereocenters. The molecule has 0 spiro atoms. The smallest absolute Gasteiger partial charge is 0.332 e. The van der Waals surface area contributed by atoms with E-state index in [0.29, 0.717) is 0 Å². The molecule has 3 heterocycles. The Morgan fingerprint density at radius 3 is 2.55 bits per heavy atom. The summed E-state index contributed by atoms with van der Waals surface area (Å²) in [6, 6.07) is 13.3. The summed E-state index contributed by atoms with van der Waals surface area (Å²) in [7, 11) is 2.95. The van der Waals surface area contributed by atoms with Gasteiger partial charge < -0.3 is 9.88 Å². The number of hydrogen-bond donors (Lipinski definition) is 1. The van der Waals surface area contributed by atoms with Crippen LogP contribution in [-0.4, -0.2) is 24.6 Å². The third kappa shape index (κ3) is 3.40. The van der Waals surface area contributed by atoms with Crippen molar-refractivity contribution in [1.29, 1.82) is 0 Å². The molecule has 0 radical (unpaired) electrons. The second kappa shape index (κ2) is 7.51. The molecular formula is C20H19N5O3S. The van der Waals surface area contributed by atoms with E-state index in [9.17, 15) is 14.4 Å². The van der Waals surface area contributed by atoms with E-state index in [-0.39, 0.29) is 29.7 Å². The summed E-state index contributed by atoms with van der Waals surface area (Å²) in [4.78, 5) is 42.6. The number of thiophene rings is 1. The van der Waals surface area contributed by atoms with E-state index in [4.69, 9.17) is 0 Å². The molecule has 0 aliphatic heterocycles. The second-order valence-corrected chi connectivity index (χ2v) is 7.66. The lowest BCUT2D eigenvalue weighted by atomic mass is 10.1. The molecule has 148 valence electrons. The van der Waals surface area contributed by atoms with Crippen LogP contribution in [0.4, 0.5) is 0 Å². The molecule has 8 nitrogen and oxygen atoms in total. The Hall–Kier alpha value is -3.46. The van der Waals surface area contributed by atoms with E-state index < -0.39 is 11.2 Å². The Bertz CT molecular complexity index is 1290. The van der Waals surface area contributed by atoms with Crippen molar-refractivity contribution in [2.75, 3.05) is 0 Å². The fraction of sp³-hybridized carbons (Fsp3) is 0.200. The highest BCUT2D eigenvalue weighted by Gasteiger charge is 2.20. The van der Waals surface area contributed by atoms with Crippen molar-refractivity contribution in [2.45, 2.75) is 12.6 Å². The summed E-state index contributed by atoms with van der Waals surface area (Å²) >= 11 is 1.56. The Morgan fingerprint density at radius 2 is 1.86 bits per heavy atom. The number of amides is 1. The van der Waals surface area contributed by atoms with Gasteiger partial charge in [0.1, 0.15) is 6.54 Å². The number of nitrogens with zero attached hydrogens (tertiary/aromatic N) is 4. The maximum Gasteiger partial charge on any atom is 0.332 e. The molecule has 1 amide bonds. The summed E-state index contributed by atoms with van der Waals surface area (Å²) in [5, 5.41) is 5.01. The maximum absolute atomic E-state index is 12.8. The molecular weight excluding hydrogens is 390 g/mol. The van der Waals surface area contributed by atoms with Crippen LogP contribution in [0.25, 0.3) is 11.2 Å². The Labute approximate surface area is 169 Å². The van der Waals surface area contributed by atoms with Crippen molar-refractivity contribution in [2.24, 2.45) is 14.1 Å². The number of nitrogens with one attached hydrogen (secondary N) is 1. The molecule has 9 heteroatoms. The first-order chi connectivity index (χ1) is 14.0. The molecule has 0 aliphatic carbocycles. The van der Waals surface area contributed by atoms with Crippen molar-refractivity contribution in [3.05, 3.63) is 85.5 Å². The first-order valence-electron chi connectivity index (χ1n) is 8.96. The highest BCUT2D eigenvalue weighted by Crippen LogP contribution is 2.25. The lowest BCUT2D eigenvalue weighted by Crippen LogP contribution is -2.38. The Balaban J connectivity index is 1.66. The molecule has 0 fully saturated rings. The van der Waals surface area contributed by atoms with Gasteiger partial charge in [0.05, 0.1) is 12.4 Å². The maximum atomic E-state index is 12.8. The molecule has 1 atom stereocenters. The van der Waals surface area contributed by atoms with Crippen LogP contribution in [-0.2, 0) is 25.4 Å². The Kier molecular flexibility index (Phi) is 4.89. The van der Waals surface area contributed by atoms with Gasteiger partial charge in [-0.1, -0.05) is 36.4 Å². The van der Waals surface area contributed by atoms with Crippen molar-refractivity contribution < 1.29 is 4.79 Å². The zero-order valence-corrected chi connectivity index (χ0v) is 16.7. The van der Waals surface area contributed by atoms with Crippen LogP contribution in [0.3, 0.4) is 0 Å². The minimum absolute atomic E-state index is 0.0847. The van der Waals surface area contributed by atoms with Gasteiger partial charge in [-0.3, -0.25) is 18.7 Å². The fourth-order valence-corrected chi connectivity index (χ4v) is 4.10. The predicted octanol–water partition coefficient (Wildman–Crippen LogP) is 1.40. The average molecular weight is 409 g/mol. The largest absolute Gasteiger partial charge is 0.343 e. The van der Waals surface area contributed by atoms with Crippen LogP contribution >= 0.6 is 11.3 Å². The highest BCUT2D eigenvalue weighted by molar-refractivity contribution is 7.10. The number of benzene rings is 1. The highest BCUT2D eigenvalue weighted by atomic mass is 32.1. The molecule has 1 N–H and O–H groups in total. The van der Waals surface area contributed by atoms with E-state index in [0.717, 1.165) is 15.0 Å². The van der Waals surface area contributed by atoms with E-state index in [1.165, 1.54) is 22.5 Å². The zero-order chi connectivity index (χ0) is 20.5. The van der Waals surface area contributed by atoms with Crippen LogP contribution in [0, 0.1) is 0 Å². The SMILES string of the molecule is Cn1c(=O)c2c(ncn2CC(=O)NC(c2ccccc2)c2cccs2)n(C)c1=O. The summed E-state index contributed by atoms with van der Waals surface area (Å²) < 4.78 is 3.78. The van der Waals surface area contributed by atoms with E-state index in [1.807, 2.05) is 47.8 Å². The van der Waals surface area contributed by atoms with Gasteiger partial charge >= 0.3 is 5.69 Å². The number of fused-ring (bicyclic) bond motifs is 1. The quantitative estimate of drug-likeness (QED) is 0.539. The number of carbonyl (C=O) groups excluding carboxylic acids is 1. The number of carbonyl (C=O) groups is 1. The minimum Gasteiger partial charge on any atom is -0.343 e. The van der Waals surface area contributed by atoms with Gasteiger partial charge in [-0.2, -0.15) is 0 Å². The van der Waals surface area contributed by atoms with Gasteiger partial charge in [-0.25, -0.2) is 9.78 Å². The van der Waals surface area contributed by atoms with Crippen molar-refractivity contribution in [1.82, 2.24) is 24.0 Å². The normalized spacial score (nSPS) is 12.2. The lowest BCUT2D eigenvalue weighted by Gasteiger charge is -2.18. The molecule has 4 rings (SSSR count). The van der Waals surface area contributed by atoms with Gasteiger partial charge in [0.15, 0.2) is 11.2 Å². The lowest BCUT2D eigenvalue weighted by molar-refractivity contribution is -0.122. The fourth-order valence-electron chi connectivity index (χ4n) is 3.30.